The predicted octanol–water partition coefficient (Wildman–Crippen LogP) is 1.85. The Kier molecular flexibility index (Phi) is 1.75. The van der Waals surface area contributed by atoms with Crippen molar-refractivity contribution in [1.82, 2.24) is 5.32 Å². The third kappa shape index (κ3) is 1.30. The zero-order valence-electron chi connectivity index (χ0n) is 8.18. The normalized spacial score (nSPS) is 28.9. The van der Waals surface area contributed by atoms with Crippen molar-refractivity contribution in [1.29, 1.82) is 0 Å². The van der Waals surface area contributed by atoms with Gasteiger partial charge in [-0.1, -0.05) is 48.6 Å². The molecular weight excluding hydrogens is 186 g/mol. The van der Waals surface area contributed by atoms with Crippen LogP contribution in [0.5, 0.6) is 0 Å². The van der Waals surface area contributed by atoms with E-state index in [4.69, 9.17) is 0 Å². The van der Waals surface area contributed by atoms with E-state index in [1.165, 1.54) is 0 Å². The SMILES string of the molecule is O=C1N[C@H]2C=CC1c1ccccc1/C=C\2. The van der Waals surface area contributed by atoms with Crippen molar-refractivity contribution in [2.45, 2.75) is 12.0 Å². The fourth-order valence-corrected chi connectivity index (χ4v) is 2.13. The van der Waals surface area contributed by atoms with E-state index < -0.39 is 0 Å². The fraction of sp³-hybridized carbons (Fsp3) is 0.154. The van der Waals surface area contributed by atoms with Gasteiger partial charge in [-0.25, -0.2) is 0 Å². The average Bonchev–Trinajstić information content (AvgIpc) is 2.23. The van der Waals surface area contributed by atoms with Gasteiger partial charge >= 0.3 is 0 Å². The van der Waals surface area contributed by atoms with Gasteiger partial charge in [-0.05, 0) is 11.1 Å². The number of fused-ring (bicyclic) bond motifs is 1. The molecule has 0 spiro atoms. The molecule has 2 atom stereocenters. The molecule has 1 aliphatic carbocycles. The molecule has 0 fully saturated rings. The van der Waals surface area contributed by atoms with Crippen LogP contribution in [0.4, 0.5) is 0 Å². The van der Waals surface area contributed by atoms with Crippen LogP contribution in [0.15, 0.2) is 42.5 Å². The highest BCUT2D eigenvalue weighted by Crippen LogP contribution is 2.27. The smallest absolute Gasteiger partial charge is 0.232 e. The third-order valence-corrected chi connectivity index (χ3v) is 2.92. The average molecular weight is 197 g/mol. The van der Waals surface area contributed by atoms with Gasteiger partial charge in [0.1, 0.15) is 0 Å². The second kappa shape index (κ2) is 3.09. The zero-order valence-corrected chi connectivity index (χ0v) is 8.18. The van der Waals surface area contributed by atoms with Crippen molar-refractivity contribution in [2.75, 3.05) is 0 Å². The zero-order chi connectivity index (χ0) is 10.3. The minimum atomic E-state index is -0.123. The molecule has 1 N–H and O–H groups in total. The summed E-state index contributed by atoms with van der Waals surface area (Å²) in [5.41, 5.74) is 2.23. The summed E-state index contributed by atoms with van der Waals surface area (Å²) >= 11 is 0. The summed E-state index contributed by atoms with van der Waals surface area (Å²) in [4.78, 5) is 11.8. The Labute approximate surface area is 88.3 Å². The first-order chi connectivity index (χ1) is 7.34. The van der Waals surface area contributed by atoms with Crippen molar-refractivity contribution < 1.29 is 4.79 Å². The number of hydrogen-bond acceptors (Lipinski definition) is 1. The van der Waals surface area contributed by atoms with Gasteiger partial charge in [0, 0.05) is 0 Å². The van der Waals surface area contributed by atoms with Crippen molar-refractivity contribution >= 4 is 12.0 Å². The Morgan fingerprint density at radius 3 is 2.80 bits per heavy atom. The van der Waals surface area contributed by atoms with Gasteiger partial charge in [0.05, 0.1) is 12.0 Å². The van der Waals surface area contributed by atoms with E-state index >= 15 is 0 Å². The molecule has 1 amide bonds. The summed E-state index contributed by atoms with van der Waals surface area (Å²) in [6.07, 6.45) is 8.13. The summed E-state index contributed by atoms with van der Waals surface area (Å²) in [7, 11) is 0. The summed E-state index contributed by atoms with van der Waals surface area (Å²) in [5, 5.41) is 2.95. The minimum Gasteiger partial charge on any atom is -0.346 e. The van der Waals surface area contributed by atoms with Crippen LogP contribution in [-0.4, -0.2) is 11.9 Å². The largest absolute Gasteiger partial charge is 0.346 e. The van der Waals surface area contributed by atoms with Gasteiger partial charge in [0.15, 0.2) is 0 Å². The second-order valence-electron chi connectivity index (χ2n) is 3.88. The van der Waals surface area contributed by atoms with Gasteiger partial charge in [0.25, 0.3) is 0 Å². The van der Waals surface area contributed by atoms with Crippen LogP contribution in [0.2, 0.25) is 0 Å². The minimum absolute atomic E-state index is 0.0575. The van der Waals surface area contributed by atoms with Crippen molar-refractivity contribution in [3.63, 3.8) is 0 Å². The summed E-state index contributed by atoms with van der Waals surface area (Å²) in [6.45, 7) is 0. The Bertz CT molecular complexity index is 473. The predicted molar refractivity (Wildman–Crippen MR) is 59.3 cm³/mol. The maximum absolute atomic E-state index is 11.8. The molecule has 2 bridgehead atoms. The molecule has 0 radical (unpaired) electrons. The number of carbonyl (C=O) groups is 1. The maximum atomic E-state index is 11.8. The van der Waals surface area contributed by atoms with Crippen LogP contribution >= 0.6 is 0 Å². The van der Waals surface area contributed by atoms with Crippen LogP contribution in [0, 0.1) is 0 Å². The standard InChI is InChI=1S/C13H11NO/c15-13-12-8-7-10(14-13)6-5-9-3-1-2-4-11(9)12/h1-8,10,12H,(H,14,15)/b6-5-/t10-,12?/m1/s1. The Balaban J connectivity index is 2.23. The number of nitrogens with one attached hydrogen (secondary N) is 1. The highest BCUT2D eigenvalue weighted by Gasteiger charge is 2.26. The molecule has 2 nitrogen and oxygen atoms in total. The van der Waals surface area contributed by atoms with E-state index in [-0.39, 0.29) is 17.9 Å². The molecule has 1 aromatic carbocycles. The quantitative estimate of drug-likeness (QED) is 0.632. The van der Waals surface area contributed by atoms with Gasteiger partial charge in [-0.3, -0.25) is 4.79 Å². The number of hydrogen-bond donors (Lipinski definition) is 1. The van der Waals surface area contributed by atoms with Crippen LogP contribution in [0.25, 0.3) is 6.08 Å². The number of amides is 1. The lowest BCUT2D eigenvalue weighted by Gasteiger charge is -2.25. The highest BCUT2D eigenvalue weighted by molar-refractivity contribution is 5.89. The Morgan fingerprint density at radius 1 is 1.07 bits per heavy atom. The van der Waals surface area contributed by atoms with Gasteiger partial charge < -0.3 is 5.32 Å². The molecule has 1 aromatic rings. The first-order valence-corrected chi connectivity index (χ1v) is 5.10. The first-order valence-electron chi connectivity index (χ1n) is 5.10. The maximum Gasteiger partial charge on any atom is 0.232 e. The lowest BCUT2D eigenvalue weighted by atomic mass is 9.87. The molecular formula is C13H11NO. The van der Waals surface area contributed by atoms with Gasteiger partial charge in [-0.2, -0.15) is 0 Å². The topological polar surface area (TPSA) is 29.1 Å². The van der Waals surface area contributed by atoms with E-state index in [1.54, 1.807) is 0 Å². The molecule has 0 saturated heterocycles. The van der Waals surface area contributed by atoms with Gasteiger partial charge in [-0.15, -0.1) is 0 Å². The summed E-state index contributed by atoms with van der Waals surface area (Å²) in [6, 6.07) is 8.09. The van der Waals surface area contributed by atoms with E-state index in [0.29, 0.717) is 0 Å². The molecule has 15 heavy (non-hydrogen) atoms. The molecule has 4 rings (SSSR count). The molecule has 3 aliphatic rings. The molecule has 0 saturated carbocycles. The van der Waals surface area contributed by atoms with E-state index in [9.17, 15) is 4.79 Å². The van der Waals surface area contributed by atoms with Crippen molar-refractivity contribution in [3.8, 4) is 0 Å². The Hall–Kier alpha value is -1.83. The van der Waals surface area contributed by atoms with E-state index in [0.717, 1.165) is 11.1 Å². The monoisotopic (exact) mass is 197 g/mol. The lowest BCUT2D eigenvalue weighted by Crippen LogP contribution is -2.39. The fourth-order valence-electron chi connectivity index (χ4n) is 2.13. The van der Waals surface area contributed by atoms with Crippen LogP contribution in [-0.2, 0) is 4.79 Å². The van der Waals surface area contributed by atoms with Crippen molar-refractivity contribution in [3.05, 3.63) is 53.6 Å². The second-order valence-corrected chi connectivity index (χ2v) is 3.88. The summed E-state index contributed by atoms with van der Waals surface area (Å²) < 4.78 is 0. The molecule has 2 heterocycles. The van der Waals surface area contributed by atoms with Crippen LogP contribution in [0.1, 0.15) is 17.0 Å². The first kappa shape index (κ1) is 8.48. The van der Waals surface area contributed by atoms with E-state index in [1.807, 2.05) is 42.5 Å². The number of benzene rings is 1. The van der Waals surface area contributed by atoms with Crippen LogP contribution in [0.3, 0.4) is 0 Å². The Morgan fingerprint density at radius 2 is 1.93 bits per heavy atom. The number of rotatable bonds is 0. The lowest BCUT2D eigenvalue weighted by molar-refractivity contribution is -0.122. The molecule has 0 aromatic heterocycles. The third-order valence-electron chi connectivity index (χ3n) is 2.92. The van der Waals surface area contributed by atoms with Crippen molar-refractivity contribution in [2.24, 2.45) is 0 Å². The summed E-state index contributed by atoms with van der Waals surface area (Å²) in [5.74, 6) is -0.0262. The highest BCUT2D eigenvalue weighted by atomic mass is 16.2. The molecule has 74 valence electrons. The van der Waals surface area contributed by atoms with E-state index in [2.05, 4.69) is 11.4 Å². The molecule has 2 heteroatoms. The number of carbonyl (C=O) groups excluding carboxylic acids is 1. The van der Waals surface area contributed by atoms with Crippen LogP contribution < -0.4 is 5.32 Å². The molecule has 2 aliphatic heterocycles. The molecule has 1 unspecified atom stereocenters. The van der Waals surface area contributed by atoms with Gasteiger partial charge in [0.2, 0.25) is 5.91 Å².